The Bertz CT molecular complexity index is 973. The van der Waals surface area contributed by atoms with Gasteiger partial charge in [-0.1, -0.05) is 20.8 Å². The Morgan fingerprint density at radius 3 is 2.82 bits per heavy atom. The molecule has 2 aromatic heterocycles. The molecule has 2 saturated heterocycles. The van der Waals surface area contributed by atoms with Crippen LogP contribution >= 0.6 is 7.82 Å². The van der Waals surface area contributed by atoms with Crippen molar-refractivity contribution in [2.24, 2.45) is 5.41 Å². The Labute approximate surface area is 159 Å². The topological polar surface area (TPSA) is 158 Å². The van der Waals surface area contributed by atoms with Gasteiger partial charge in [0.2, 0.25) is 5.91 Å². The van der Waals surface area contributed by atoms with Crippen molar-refractivity contribution < 1.29 is 33.1 Å². The molecule has 0 saturated carbocycles. The van der Waals surface area contributed by atoms with Crippen molar-refractivity contribution in [3.05, 3.63) is 12.7 Å². The molecular weight excluding hydrogens is 393 g/mol. The van der Waals surface area contributed by atoms with E-state index in [4.69, 9.17) is 13.8 Å². The molecule has 1 amide bonds. The van der Waals surface area contributed by atoms with E-state index < -0.39 is 37.8 Å². The minimum atomic E-state index is -4.22. The lowest BCUT2D eigenvalue weighted by Gasteiger charge is -2.27. The number of amides is 1. The van der Waals surface area contributed by atoms with Crippen LogP contribution in [0.2, 0.25) is 0 Å². The Morgan fingerprint density at radius 2 is 2.11 bits per heavy atom. The normalized spacial score (nSPS) is 33.0. The zero-order chi connectivity index (χ0) is 20.3. The van der Waals surface area contributed by atoms with Crippen LogP contribution in [0.1, 0.15) is 27.0 Å². The van der Waals surface area contributed by atoms with E-state index in [1.54, 1.807) is 20.8 Å². The molecule has 4 heterocycles. The van der Waals surface area contributed by atoms with E-state index in [2.05, 4.69) is 20.3 Å². The van der Waals surface area contributed by atoms with Gasteiger partial charge in [0, 0.05) is 5.41 Å². The monoisotopic (exact) mass is 413 g/mol. The zero-order valence-electron chi connectivity index (χ0n) is 15.3. The minimum absolute atomic E-state index is 0.194. The number of carbonyl (C=O) groups is 1. The lowest BCUT2D eigenvalue weighted by molar-refractivity contribution is -0.123. The molecule has 152 valence electrons. The summed E-state index contributed by atoms with van der Waals surface area (Å²) in [7, 11) is -4.22. The quantitative estimate of drug-likeness (QED) is 0.595. The first-order valence-electron chi connectivity index (χ1n) is 8.55. The van der Waals surface area contributed by atoms with Crippen molar-refractivity contribution in [3.63, 3.8) is 0 Å². The van der Waals surface area contributed by atoms with Gasteiger partial charge >= 0.3 is 7.82 Å². The highest BCUT2D eigenvalue weighted by molar-refractivity contribution is 7.47. The fourth-order valence-corrected chi connectivity index (χ4v) is 3.95. The van der Waals surface area contributed by atoms with Crippen molar-refractivity contribution >= 4 is 30.7 Å². The standard InChI is InChI=1S/C15H20N5O7P/c1-15(2,3)14(22)19-11-8-12(17-5-16-11)20(6-18-8)13-9(21)10-7(26-13)4-25-28(23,24)27-10/h5-7,9-10,13,21H,4H2,1-3H3,(H,23,24)(H,16,17,19,22)/t7-,9-,10-,13-/m1/s1. The van der Waals surface area contributed by atoms with Crippen LogP contribution < -0.4 is 5.32 Å². The van der Waals surface area contributed by atoms with E-state index in [0.29, 0.717) is 11.2 Å². The average Bonchev–Trinajstić information content (AvgIpc) is 3.16. The summed E-state index contributed by atoms with van der Waals surface area (Å²) in [6.07, 6.45) is -1.34. The minimum Gasteiger partial charge on any atom is -0.386 e. The number of aliphatic hydroxyl groups excluding tert-OH is 1. The number of phosphoric ester groups is 1. The van der Waals surface area contributed by atoms with Crippen molar-refractivity contribution in [1.29, 1.82) is 0 Å². The average molecular weight is 413 g/mol. The summed E-state index contributed by atoms with van der Waals surface area (Å²) in [5, 5.41) is 13.3. The number of nitrogens with one attached hydrogen (secondary N) is 1. The Balaban J connectivity index is 1.65. The number of rotatable bonds is 2. The van der Waals surface area contributed by atoms with Crippen molar-refractivity contribution in [2.45, 2.75) is 45.3 Å². The van der Waals surface area contributed by atoms with Gasteiger partial charge < -0.3 is 20.1 Å². The Hall–Kier alpha value is -1.95. The molecule has 1 unspecified atom stereocenters. The van der Waals surface area contributed by atoms with Gasteiger partial charge in [-0.05, 0) is 0 Å². The number of ether oxygens (including phenoxy) is 1. The molecule has 2 aliphatic rings. The predicted octanol–water partition coefficient (Wildman–Crippen LogP) is 0.585. The van der Waals surface area contributed by atoms with Crippen LogP contribution in [0.3, 0.4) is 0 Å². The van der Waals surface area contributed by atoms with Crippen LogP contribution in [-0.4, -0.2) is 60.3 Å². The van der Waals surface area contributed by atoms with Crippen molar-refractivity contribution in [2.75, 3.05) is 11.9 Å². The highest BCUT2D eigenvalue weighted by Gasteiger charge is 2.52. The molecule has 0 radical (unpaired) electrons. The second kappa shape index (κ2) is 6.55. The first-order chi connectivity index (χ1) is 13.1. The number of imidazole rings is 1. The van der Waals surface area contributed by atoms with E-state index >= 15 is 0 Å². The van der Waals surface area contributed by atoms with Gasteiger partial charge in [0.05, 0.1) is 12.9 Å². The second-order valence-electron chi connectivity index (χ2n) is 7.64. The molecule has 0 spiro atoms. The zero-order valence-corrected chi connectivity index (χ0v) is 16.2. The van der Waals surface area contributed by atoms with E-state index in [-0.39, 0.29) is 18.3 Å². The molecule has 12 nitrogen and oxygen atoms in total. The number of hydrogen-bond acceptors (Lipinski definition) is 9. The highest BCUT2D eigenvalue weighted by Crippen LogP contribution is 2.52. The molecule has 2 aliphatic heterocycles. The lowest BCUT2D eigenvalue weighted by Crippen LogP contribution is -2.39. The van der Waals surface area contributed by atoms with E-state index in [9.17, 15) is 19.4 Å². The van der Waals surface area contributed by atoms with E-state index in [1.165, 1.54) is 17.2 Å². The van der Waals surface area contributed by atoms with Crippen LogP contribution in [-0.2, 0) is 23.1 Å². The number of anilines is 1. The van der Waals surface area contributed by atoms with E-state index in [1.807, 2.05) is 0 Å². The van der Waals surface area contributed by atoms with Crippen LogP contribution in [0.5, 0.6) is 0 Å². The van der Waals surface area contributed by atoms with Crippen LogP contribution in [0.25, 0.3) is 11.2 Å². The number of hydrogen-bond donors (Lipinski definition) is 3. The number of carbonyl (C=O) groups excluding carboxylic acids is 1. The van der Waals surface area contributed by atoms with Crippen molar-refractivity contribution in [1.82, 2.24) is 19.5 Å². The fraction of sp³-hybridized carbons (Fsp3) is 0.600. The number of phosphoric acid groups is 1. The van der Waals surface area contributed by atoms with Gasteiger partial charge in [-0.2, -0.15) is 0 Å². The predicted molar refractivity (Wildman–Crippen MR) is 94.0 cm³/mol. The molecule has 28 heavy (non-hydrogen) atoms. The summed E-state index contributed by atoms with van der Waals surface area (Å²) in [5.74, 6) is -0.0116. The fourth-order valence-electron chi connectivity index (χ4n) is 2.99. The highest BCUT2D eigenvalue weighted by atomic mass is 31.2. The molecule has 0 bridgehead atoms. The lowest BCUT2D eigenvalue weighted by atomic mass is 9.96. The van der Waals surface area contributed by atoms with Crippen LogP contribution in [0.15, 0.2) is 12.7 Å². The molecular formula is C15H20N5O7P. The van der Waals surface area contributed by atoms with E-state index in [0.717, 1.165) is 0 Å². The second-order valence-corrected chi connectivity index (χ2v) is 9.05. The number of nitrogens with zero attached hydrogens (tertiary/aromatic N) is 4. The first kappa shape index (κ1) is 19.4. The third-order valence-corrected chi connectivity index (χ3v) is 5.50. The summed E-state index contributed by atoms with van der Waals surface area (Å²) in [6, 6.07) is 0. The van der Waals surface area contributed by atoms with Gasteiger partial charge in [-0.3, -0.25) is 18.4 Å². The molecule has 2 aromatic rings. The molecule has 13 heteroatoms. The molecule has 3 N–H and O–H groups in total. The van der Waals surface area contributed by atoms with Crippen LogP contribution in [0.4, 0.5) is 5.82 Å². The third kappa shape index (κ3) is 3.32. The Kier molecular flexibility index (Phi) is 4.53. The third-order valence-electron chi connectivity index (χ3n) is 4.51. The summed E-state index contributed by atoms with van der Waals surface area (Å²) in [5.41, 5.74) is 0.00124. The Morgan fingerprint density at radius 1 is 1.36 bits per heavy atom. The summed E-state index contributed by atoms with van der Waals surface area (Å²) in [6.45, 7) is 5.11. The SMILES string of the molecule is CC(C)(C)C(=O)Nc1ncnc2c1ncn2[C@@H]1O[C@@H]2COP(=O)(O)O[C@H]2[C@H]1O. The maximum Gasteiger partial charge on any atom is 0.472 e. The summed E-state index contributed by atoms with van der Waals surface area (Å²) in [4.78, 5) is 34.2. The number of fused-ring (bicyclic) bond motifs is 2. The van der Waals surface area contributed by atoms with Gasteiger partial charge in [0.15, 0.2) is 23.2 Å². The van der Waals surface area contributed by atoms with Gasteiger partial charge in [0.1, 0.15) is 24.6 Å². The van der Waals surface area contributed by atoms with Crippen molar-refractivity contribution in [3.8, 4) is 0 Å². The maximum atomic E-state index is 12.3. The number of aliphatic hydroxyl groups is 1. The molecule has 0 aliphatic carbocycles. The van der Waals surface area contributed by atoms with Gasteiger partial charge in [-0.15, -0.1) is 0 Å². The largest absolute Gasteiger partial charge is 0.472 e. The smallest absolute Gasteiger partial charge is 0.386 e. The molecule has 2 fully saturated rings. The summed E-state index contributed by atoms with van der Waals surface area (Å²) < 4.78 is 28.5. The van der Waals surface area contributed by atoms with Gasteiger partial charge in [-0.25, -0.2) is 19.5 Å². The molecule has 4 rings (SSSR count). The summed E-state index contributed by atoms with van der Waals surface area (Å²) >= 11 is 0. The van der Waals surface area contributed by atoms with Crippen LogP contribution in [0, 0.1) is 5.41 Å². The van der Waals surface area contributed by atoms with Gasteiger partial charge in [0.25, 0.3) is 0 Å². The molecule has 0 aromatic carbocycles. The number of aromatic nitrogens is 4. The molecule has 5 atom stereocenters. The first-order valence-corrected chi connectivity index (χ1v) is 10.0. The maximum absolute atomic E-state index is 12.3.